The number of nitrogens with zero attached hydrogens (tertiary/aromatic N) is 1. The summed E-state index contributed by atoms with van der Waals surface area (Å²) in [5, 5.41) is 0. The molecule has 0 spiro atoms. The van der Waals surface area contributed by atoms with Gasteiger partial charge < -0.3 is 4.74 Å². The van der Waals surface area contributed by atoms with E-state index in [0.717, 1.165) is 7.11 Å². The van der Waals surface area contributed by atoms with E-state index in [9.17, 15) is 18.0 Å². The third-order valence-corrected chi connectivity index (χ3v) is 1.52. The lowest BCUT2D eigenvalue weighted by Gasteiger charge is -2.05. The maximum absolute atomic E-state index is 13.1. The number of aldehydes is 1. The quantitative estimate of drug-likeness (QED) is 0.708. The molecule has 1 aromatic heterocycles. The molecule has 0 atom stereocenters. The largest absolute Gasteiger partial charge is 0.479 e. The number of carbonyl (C=O) groups is 1. The molecule has 3 nitrogen and oxygen atoms in total. The molecule has 0 fully saturated rings. The summed E-state index contributed by atoms with van der Waals surface area (Å²) in [6, 6.07) is 0.690. The Labute approximate surface area is 77.5 Å². The van der Waals surface area contributed by atoms with E-state index in [1.165, 1.54) is 0 Å². The standard InChI is InChI=1S/C8H6F3NO2/c1-14-8-6(9)4(3-13)2-5(12-8)7(10)11/h2-3,7H,1H3. The van der Waals surface area contributed by atoms with Crippen LogP contribution in [-0.2, 0) is 0 Å². The van der Waals surface area contributed by atoms with Crippen LogP contribution in [0.1, 0.15) is 22.5 Å². The molecule has 0 aliphatic heterocycles. The zero-order chi connectivity index (χ0) is 10.7. The molecule has 0 amide bonds. The Morgan fingerprint density at radius 2 is 2.21 bits per heavy atom. The number of methoxy groups -OCH3 is 1. The number of alkyl halides is 2. The number of pyridine rings is 1. The zero-order valence-corrected chi connectivity index (χ0v) is 7.13. The number of aromatic nitrogens is 1. The van der Waals surface area contributed by atoms with Crippen molar-refractivity contribution in [3.8, 4) is 5.88 Å². The summed E-state index contributed by atoms with van der Waals surface area (Å²) >= 11 is 0. The van der Waals surface area contributed by atoms with Crippen LogP contribution < -0.4 is 4.74 Å². The van der Waals surface area contributed by atoms with E-state index in [1.54, 1.807) is 0 Å². The van der Waals surface area contributed by atoms with Crippen LogP contribution in [-0.4, -0.2) is 18.4 Å². The van der Waals surface area contributed by atoms with E-state index in [-0.39, 0.29) is 6.29 Å². The molecule has 0 aromatic carbocycles. The van der Waals surface area contributed by atoms with E-state index < -0.39 is 29.4 Å². The van der Waals surface area contributed by atoms with Crippen LogP contribution in [0.5, 0.6) is 5.88 Å². The van der Waals surface area contributed by atoms with Crippen LogP contribution in [0.25, 0.3) is 0 Å². The Morgan fingerprint density at radius 1 is 1.57 bits per heavy atom. The van der Waals surface area contributed by atoms with Crippen molar-refractivity contribution in [1.82, 2.24) is 4.98 Å². The molecule has 0 saturated carbocycles. The number of ether oxygens (including phenoxy) is 1. The third-order valence-electron chi connectivity index (χ3n) is 1.52. The SMILES string of the molecule is COc1nc(C(F)F)cc(C=O)c1F. The molecule has 0 aliphatic carbocycles. The highest BCUT2D eigenvalue weighted by molar-refractivity contribution is 5.76. The highest BCUT2D eigenvalue weighted by atomic mass is 19.3. The van der Waals surface area contributed by atoms with Gasteiger partial charge in [-0.25, -0.2) is 18.2 Å². The van der Waals surface area contributed by atoms with Gasteiger partial charge in [0.05, 0.1) is 12.7 Å². The minimum absolute atomic E-state index is 0.130. The fourth-order valence-electron chi connectivity index (χ4n) is 0.878. The van der Waals surface area contributed by atoms with Gasteiger partial charge in [0, 0.05) is 0 Å². The highest BCUT2D eigenvalue weighted by Crippen LogP contribution is 2.23. The summed E-state index contributed by atoms with van der Waals surface area (Å²) in [7, 11) is 1.08. The van der Waals surface area contributed by atoms with Gasteiger partial charge in [-0.05, 0) is 6.07 Å². The van der Waals surface area contributed by atoms with Crippen molar-refractivity contribution in [3.05, 3.63) is 23.1 Å². The maximum Gasteiger partial charge on any atom is 0.280 e. The van der Waals surface area contributed by atoms with Crippen molar-refractivity contribution in [1.29, 1.82) is 0 Å². The Hall–Kier alpha value is -1.59. The van der Waals surface area contributed by atoms with Crippen molar-refractivity contribution in [2.24, 2.45) is 0 Å². The van der Waals surface area contributed by atoms with Gasteiger partial charge in [0.1, 0.15) is 5.69 Å². The molecular formula is C8H6F3NO2. The molecule has 1 heterocycles. The molecule has 0 unspecified atom stereocenters. The van der Waals surface area contributed by atoms with E-state index in [1.807, 2.05) is 0 Å². The van der Waals surface area contributed by atoms with E-state index >= 15 is 0 Å². The predicted octanol–water partition coefficient (Wildman–Crippen LogP) is 1.98. The van der Waals surface area contributed by atoms with Crippen molar-refractivity contribution in [2.75, 3.05) is 7.11 Å². The van der Waals surface area contributed by atoms with Crippen molar-refractivity contribution in [3.63, 3.8) is 0 Å². The molecule has 1 rings (SSSR count). The molecule has 0 N–H and O–H groups in total. The molecule has 0 bridgehead atoms. The minimum Gasteiger partial charge on any atom is -0.479 e. The molecule has 0 aliphatic rings. The monoisotopic (exact) mass is 205 g/mol. The van der Waals surface area contributed by atoms with Gasteiger partial charge in [-0.1, -0.05) is 0 Å². The van der Waals surface area contributed by atoms with Gasteiger partial charge >= 0.3 is 0 Å². The van der Waals surface area contributed by atoms with Gasteiger partial charge in [-0.15, -0.1) is 0 Å². The predicted molar refractivity (Wildman–Crippen MR) is 41.1 cm³/mol. The van der Waals surface area contributed by atoms with Crippen LogP contribution in [0.2, 0.25) is 0 Å². The number of hydrogen-bond acceptors (Lipinski definition) is 3. The number of carbonyl (C=O) groups excluding carboxylic acids is 1. The van der Waals surface area contributed by atoms with E-state index in [0.29, 0.717) is 6.07 Å². The number of hydrogen-bond donors (Lipinski definition) is 0. The third kappa shape index (κ3) is 1.84. The highest BCUT2D eigenvalue weighted by Gasteiger charge is 2.17. The lowest BCUT2D eigenvalue weighted by molar-refractivity contribution is 0.111. The number of rotatable bonds is 3. The lowest BCUT2D eigenvalue weighted by atomic mass is 10.2. The van der Waals surface area contributed by atoms with Crippen LogP contribution in [0, 0.1) is 5.82 Å². The molecule has 6 heteroatoms. The second-order valence-corrected chi connectivity index (χ2v) is 2.38. The first-order valence-corrected chi connectivity index (χ1v) is 3.58. The first kappa shape index (κ1) is 10.5. The Balaban J connectivity index is 3.31. The summed E-state index contributed by atoms with van der Waals surface area (Å²) in [6.45, 7) is 0. The average Bonchev–Trinajstić information content (AvgIpc) is 2.17. The molecule has 1 aromatic rings. The minimum atomic E-state index is -2.87. The normalized spacial score (nSPS) is 10.4. The van der Waals surface area contributed by atoms with Crippen LogP contribution in [0.15, 0.2) is 6.07 Å². The topological polar surface area (TPSA) is 39.2 Å². The molecule has 0 radical (unpaired) electrons. The van der Waals surface area contributed by atoms with Gasteiger partial charge in [-0.3, -0.25) is 4.79 Å². The van der Waals surface area contributed by atoms with E-state index in [2.05, 4.69) is 9.72 Å². The summed E-state index contributed by atoms with van der Waals surface area (Å²) < 4.78 is 41.8. The molecule has 76 valence electrons. The number of halogens is 3. The van der Waals surface area contributed by atoms with Crippen LogP contribution in [0.3, 0.4) is 0 Å². The lowest BCUT2D eigenvalue weighted by Crippen LogP contribution is -2.01. The van der Waals surface area contributed by atoms with Gasteiger partial charge in [0.15, 0.2) is 12.1 Å². The molecule has 0 saturated heterocycles. The van der Waals surface area contributed by atoms with Gasteiger partial charge in [0.25, 0.3) is 12.3 Å². The second kappa shape index (κ2) is 4.08. The van der Waals surface area contributed by atoms with Gasteiger partial charge in [-0.2, -0.15) is 0 Å². The molecular weight excluding hydrogens is 199 g/mol. The Kier molecular flexibility index (Phi) is 3.06. The first-order chi connectivity index (χ1) is 6.60. The summed E-state index contributed by atoms with van der Waals surface area (Å²) in [4.78, 5) is 13.5. The van der Waals surface area contributed by atoms with Crippen molar-refractivity contribution < 1.29 is 22.7 Å². The van der Waals surface area contributed by atoms with Gasteiger partial charge in [0.2, 0.25) is 0 Å². The van der Waals surface area contributed by atoms with Crippen molar-refractivity contribution >= 4 is 6.29 Å². The summed E-state index contributed by atoms with van der Waals surface area (Å²) in [6.07, 6.45) is -2.74. The van der Waals surface area contributed by atoms with Crippen LogP contribution >= 0.6 is 0 Å². The smallest absolute Gasteiger partial charge is 0.280 e. The van der Waals surface area contributed by atoms with Crippen LogP contribution in [0.4, 0.5) is 13.2 Å². The summed E-state index contributed by atoms with van der Waals surface area (Å²) in [5.74, 6) is -1.64. The Morgan fingerprint density at radius 3 is 2.64 bits per heavy atom. The average molecular weight is 205 g/mol. The fourth-order valence-corrected chi connectivity index (χ4v) is 0.878. The fraction of sp³-hybridized carbons (Fsp3) is 0.250. The maximum atomic E-state index is 13.1. The van der Waals surface area contributed by atoms with Crippen molar-refractivity contribution in [2.45, 2.75) is 6.43 Å². The molecule has 14 heavy (non-hydrogen) atoms. The zero-order valence-electron chi connectivity index (χ0n) is 7.13. The Bertz CT molecular complexity index is 355. The summed E-state index contributed by atoms with van der Waals surface area (Å²) in [5.41, 5.74) is -1.18. The first-order valence-electron chi connectivity index (χ1n) is 3.58. The second-order valence-electron chi connectivity index (χ2n) is 2.38. The van der Waals surface area contributed by atoms with E-state index in [4.69, 9.17) is 0 Å².